The third kappa shape index (κ3) is 4.68. The Kier molecular flexibility index (Phi) is 6.34. The van der Waals surface area contributed by atoms with Gasteiger partial charge in [0.25, 0.3) is 5.91 Å². The summed E-state index contributed by atoms with van der Waals surface area (Å²) in [6.07, 6.45) is 4.52. The average molecular weight is 446 g/mol. The summed E-state index contributed by atoms with van der Waals surface area (Å²) in [6.45, 7) is 12.1. The first-order valence-corrected chi connectivity index (χ1v) is 12.0. The first-order valence-electron chi connectivity index (χ1n) is 12.0. The number of aliphatic hydroxyl groups is 1. The van der Waals surface area contributed by atoms with E-state index in [4.69, 9.17) is 14.2 Å². The lowest BCUT2D eigenvalue weighted by atomic mass is 9.74. The summed E-state index contributed by atoms with van der Waals surface area (Å²) >= 11 is 0. The normalized spacial score (nSPS) is 30.1. The zero-order valence-electron chi connectivity index (χ0n) is 20.3. The zero-order chi connectivity index (χ0) is 23.1. The van der Waals surface area contributed by atoms with Crippen LogP contribution in [-0.4, -0.2) is 65.6 Å². The Hall–Kier alpha value is -1.63. The molecule has 6 nitrogen and oxygen atoms in total. The van der Waals surface area contributed by atoms with Gasteiger partial charge in [0, 0.05) is 13.1 Å². The largest absolute Gasteiger partial charge is 0.483 e. The molecule has 3 aliphatic rings. The van der Waals surface area contributed by atoms with E-state index in [-0.39, 0.29) is 35.7 Å². The predicted molar refractivity (Wildman–Crippen MR) is 123 cm³/mol. The van der Waals surface area contributed by atoms with Gasteiger partial charge in [-0.3, -0.25) is 4.79 Å². The SMILES string of the molecule is Cc1cccc(C)c1OCC(=O)N1CCC2(CC1)CO[C@@H]([C@@]1(C)CC[C@H](C(C)(C)O)O1)C2. The predicted octanol–water partition coefficient (Wildman–Crippen LogP) is 3.79. The van der Waals surface area contributed by atoms with E-state index in [1.54, 1.807) is 0 Å². The molecule has 3 atom stereocenters. The number of para-hydroxylation sites is 1. The second kappa shape index (κ2) is 8.62. The molecule has 0 unspecified atom stereocenters. The van der Waals surface area contributed by atoms with E-state index >= 15 is 0 Å². The second-order valence-electron chi connectivity index (χ2n) is 11.0. The van der Waals surface area contributed by atoms with Gasteiger partial charge in [0.1, 0.15) is 5.75 Å². The molecule has 32 heavy (non-hydrogen) atoms. The van der Waals surface area contributed by atoms with E-state index in [0.29, 0.717) is 0 Å². The van der Waals surface area contributed by atoms with Crippen molar-refractivity contribution in [2.75, 3.05) is 26.3 Å². The average Bonchev–Trinajstić information content (AvgIpc) is 3.33. The van der Waals surface area contributed by atoms with Crippen LogP contribution in [0.25, 0.3) is 0 Å². The van der Waals surface area contributed by atoms with Crippen molar-refractivity contribution in [2.45, 2.75) is 90.1 Å². The number of carbonyl (C=O) groups is 1. The molecule has 3 fully saturated rings. The summed E-state index contributed by atoms with van der Waals surface area (Å²) in [5.74, 6) is 0.868. The van der Waals surface area contributed by atoms with Crippen LogP contribution in [0, 0.1) is 19.3 Å². The number of ether oxygens (including phenoxy) is 3. The van der Waals surface area contributed by atoms with Crippen LogP contribution in [-0.2, 0) is 14.3 Å². The van der Waals surface area contributed by atoms with Crippen molar-refractivity contribution in [1.82, 2.24) is 4.90 Å². The minimum atomic E-state index is -0.835. The van der Waals surface area contributed by atoms with Crippen LogP contribution in [0.4, 0.5) is 0 Å². The van der Waals surface area contributed by atoms with Gasteiger partial charge in [-0.2, -0.15) is 0 Å². The van der Waals surface area contributed by atoms with E-state index in [1.165, 1.54) is 0 Å². The van der Waals surface area contributed by atoms with Crippen LogP contribution in [0.5, 0.6) is 5.75 Å². The maximum atomic E-state index is 12.8. The van der Waals surface area contributed by atoms with Crippen LogP contribution >= 0.6 is 0 Å². The Morgan fingerprint density at radius 3 is 2.47 bits per heavy atom. The topological polar surface area (TPSA) is 68.2 Å². The molecule has 3 heterocycles. The van der Waals surface area contributed by atoms with Gasteiger partial charge in [0.05, 0.1) is 30.0 Å². The number of hydrogen-bond acceptors (Lipinski definition) is 5. The number of likely N-dealkylation sites (tertiary alicyclic amines) is 1. The van der Waals surface area contributed by atoms with Crippen molar-refractivity contribution >= 4 is 5.91 Å². The van der Waals surface area contributed by atoms with Gasteiger partial charge in [-0.15, -0.1) is 0 Å². The number of nitrogens with zero attached hydrogens (tertiary/aromatic N) is 1. The number of benzene rings is 1. The van der Waals surface area contributed by atoms with Gasteiger partial charge in [0.15, 0.2) is 6.61 Å². The number of carbonyl (C=O) groups excluding carboxylic acids is 1. The maximum Gasteiger partial charge on any atom is 0.260 e. The third-order valence-corrected chi connectivity index (χ3v) is 7.92. The Bertz CT molecular complexity index is 819. The van der Waals surface area contributed by atoms with Crippen molar-refractivity contribution in [3.05, 3.63) is 29.3 Å². The number of hydrogen-bond donors (Lipinski definition) is 1. The number of piperidine rings is 1. The maximum absolute atomic E-state index is 12.8. The quantitative estimate of drug-likeness (QED) is 0.747. The molecule has 178 valence electrons. The molecule has 0 aliphatic carbocycles. The molecule has 0 bridgehead atoms. The lowest BCUT2D eigenvalue weighted by Gasteiger charge is -2.39. The number of amides is 1. The number of aryl methyl sites for hydroxylation is 2. The molecular weight excluding hydrogens is 406 g/mol. The molecular formula is C26H39NO5. The summed E-state index contributed by atoms with van der Waals surface area (Å²) in [4.78, 5) is 14.7. The van der Waals surface area contributed by atoms with Gasteiger partial charge < -0.3 is 24.2 Å². The van der Waals surface area contributed by atoms with Crippen LogP contribution in [0.15, 0.2) is 18.2 Å². The van der Waals surface area contributed by atoms with E-state index in [0.717, 1.165) is 68.7 Å². The fourth-order valence-electron chi connectivity index (χ4n) is 5.61. The molecule has 0 radical (unpaired) electrons. The molecule has 0 aromatic heterocycles. The zero-order valence-corrected chi connectivity index (χ0v) is 20.3. The van der Waals surface area contributed by atoms with Crippen LogP contribution < -0.4 is 4.74 Å². The number of rotatable bonds is 5. The van der Waals surface area contributed by atoms with Crippen molar-refractivity contribution in [1.29, 1.82) is 0 Å². The summed E-state index contributed by atoms with van der Waals surface area (Å²) in [6, 6.07) is 6.01. The van der Waals surface area contributed by atoms with Gasteiger partial charge in [-0.25, -0.2) is 0 Å². The Morgan fingerprint density at radius 1 is 1.22 bits per heavy atom. The minimum Gasteiger partial charge on any atom is -0.483 e. The summed E-state index contributed by atoms with van der Waals surface area (Å²) in [7, 11) is 0. The molecule has 1 N–H and O–H groups in total. The lowest BCUT2D eigenvalue weighted by molar-refractivity contribution is -0.155. The molecule has 1 aromatic carbocycles. The lowest BCUT2D eigenvalue weighted by Crippen LogP contribution is -2.46. The monoisotopic (exact) mass is 445 g/mol. The molecule has 0 saturated carbocycles. The Balaban J connectivity index is 1.29. The third-order valence-electron chi connectivity index (χ3n) is 7.92. The highest BCUT2D eigenvalue weighted by molar-refractivity contribution is 5.78. The highest BCUT2D eigenvalue weighted by Gasteiger charge is 2.53. The van der Waals surface area contributed by atoms with E-state index in [1.807, 2.05) is 50.8 Å². The Labute approximate surface area is 192 Å². The van der Waals surface area contributed by atoms with Crippen molar-refractivity contribution in [3.8, 4) is 5.75 Å². The fraction of sp³-hybridized carbons (Fsp3) is 0.731. The summed E-state index contributed by atoms with van der Waals surface area (Å²) < 4.78 is 18.5. The highest BCUT2D eigenvalue weighted by Crippen LogP contribution is 2.49. The van der Waals surface area contributed by atoms with Gasteiger partial charge in [0.2, 0.25) is 0 Å². The van der Waals surface area contributed by atoms with E-state index in [9.17, 15) is 9.90 Å². The van der Waals surface area contributed by atoms with Crippen LogP contribution in [0.2, 0.25) is 0 Å². The molecule has 4 rings (SSSR count). The first-order chi connectivity index (χ1) is 15.0. The molecule has 1 aromatic rings. The van der Waals surface area contributed by atoms with Gasteiger partial charge >= 0.3 is 0 Å². The van der Waals surface area contributed by atoms with Crippen molar-refractivity contribution in [3.63, 3.8) is 0 Å². The standard InChI is InChI=1S/C26H39NO5/c1-18-7-6-8-19(2)23(18)30-16-22(28)27-13-11-26(12-14-27)15-21(31-17-26)25(5)10-9-20(32-25)24(3,4)29/h6-8,20-21,29H,9-17H2,1-5H3/t20-,21-,25-/m1/s1. The first kappa shape index (κ1) is 23.5. The summed E-state index contributed by atoms with van der Waals surface area (Å²) in [5.41, 5.74) is 1.05. The molecule has 1 spiro atoms. The summed E-state index contributed by atoms with van der Waals surface area (Å²) in [5, 5.41) is 10.3. The smallest absolute Gasteiger partial charge is 0.260 e. The van der Waals surface area contributed by atoms with Gasteiger partial charge in [-0.05, 0) is 83.3 Å². The van der Waals surface area contributed by atoms with Crippen molar-refractivity contribution < 1.29 is 24.1 Å². The van der Waals surface area contributed by atoms with E-state index in [2.05, 4.69) is 6.92 Å². The molecule has 6 heteroatoms. The Morgan fingerprint density at radius 2 is 1.88 bits per heavy atom. The van der Waals surface area contributed by atoms with Gasteiger partial charge in [-0.1, -0.05) is 18.2 Å². The second-order valence-corrected chi connectivity index (χ2v) is 11.0. The van der Waals surface area contributed by atoms with E-state index < -0.39 is 5.60 Å². The fourth-order valence-corrected chi connectivity index (χ4v) is 5.61. The minimum absolute atomic E-state index is 0.0458. The molecule has 1 amide bonds. The van der Waals surface area contributed by atoms with Crippen molar-refractivity contribution in [2.24, 2.45) is 5.41 Å². The highest BCUT2D eigenvalue weighted by atomic mass is 16.6. The van der Waals surface area contributed by atoms with Crippen LogP contribution in [0.3, 0.4) is 0 Å². The molecule has 3 aliphatic heterocycles. The van der Waals surface area contributed by atoms with Crippen LogP contribution in [0.1, 0.15) is 64.0 Å². The molecule has 3 saturated heterocycles.